The van der Waals surface area contributed by atoms with Gasteiger partial charge in [0.05, 0.1) is 5.01 Å². The van der Waals surface area contributed by atoms with Crippen LogP contribution in [0.5, 0.6) is 0 Å². The molecular weight excluding hydrogens is 254 g/mol. The quantitative estimate of drug-likeness (QED) is 0.878. The maximum absolute atomic E-state index is 4.35. The van der Waals surface area contributed by atoms with E-state index in [0.29, 0.717) is 5.92 Å². The first kappa shape index (κ1) is 14.0. The summed E-state index contributed by atoms with van der Waals surface area (Å²) < 4.78 is 0. The minimum atomic E-state index is 0.473. The van der Waals surface area contributed by atoms with E-state index in [-0.39, 0.29) is 0 Å². The van der Waals surface area contributed by atoms with Gasteiger partial charge in [-0.25, -0.2) is 4.98 Å². The summed E-state index contributed by atoms with van der Waals surface area (Å²) in [4.78, 5) is 6.46. The van der Waals surface area contributed by atoms with Crippen LogP contribution in [0.1, 0.15) is 23.4 Å². The molecule has 0 saturated heterocycles. The molecule has 0 bridgehead atoms. The summed E-state index contributed by atoms with van der Waals surface area (Å²) >= 11 is 1.73. The van der Waals surface area contributed by atoms with E-state index < -0.39 is 0 Å². The molecule has 2 aromatic rings. The third-order valence-corrected chi connectivity index (χ3v) is 4.11. The molecule has 1 atom stereocenters. The maximum atomic E-state index is 4.35. The molecule has 0 aliphatic heterocycles. The molecule has 19 heavy (non-hydrogen) atoms. The number of nitrogens with one attached hydrogen (secondary N) is 1. The van der Waals surface area contributed by atoms with Crippen molar-refractivity contribution in [3.63, 3.8) is 0 Å². The van der Waals surface area contributed by atoms with Crippen LogP contribution in [0.25, 0.3) is 0 Å². The van der Waals surface area contributed by atoms with Gasteiger partial charge in [-0.05, 0) is 17.7 Å². The number of hydrogen-bond donors (Lipinski definition) is 1. The summed E-state index contributed by atoms with van der Waals surface area (Å²) in [6.07, 6.45) is 1.87. The van der Waals surface area contributed by atoms with Gasteiger partial charge >= 0.3 is 0 Å². The topological polar surface area (TPSA) is 28.2 Å². The summed E-state index contributed by atoms with van der Waals surface area (Å²) in [7, 11) is 4.12. The smallest absolute Gasteiger partial charge is 0.0965 e. The van der Waals surface area contributed by atoms with Gasteiger partial charge in [-0.1, -0.05) is 19.1 Å². The molecule has 0 aliphatic rings. The Morgan fingerprint density at radius 3 is 2.58 bits per heavy atom. The number of aromatic nitrogens is 1. The van der Waals surface area contributed by atoms with E-state index in [4.69, 9.17) is 0 Å². The highest BCUT2D eigenvalue weighted by Gasteiger charge is 2.07. The standard InChI is InChI=1S/C15H21N3S/c1-12(15-17-8-9-19-15)10-16-11-13-4-6-14(7-5-13)18(2)3/h4-9,12,16H,10-11H2,1-3H3. The summed E-state index contributed by atoms with van der Waals surface area (Å²) in [5.74, 6) is 0.473. The number of thiazole rings is 1. The second-order valence-electron chi connectivity index (χ2n) is 4.96. The Hall–Kier alpha value is -1.39. The third-order valence-electron chi connectivity index (χ3n) is 3.11. The molecule has 1 heterocycles. The molecule has 1 aromatic carbocycles. The van der Waals surface area contributed by atoms with Crippen LogP contribution < -0.4 is 10.2 Å². The molecule has 3 nitrogen and oxygen atoms in total. The van der Waals surface area contributed by atoms with Crippen molar-refractivity contribution in [3.8, 4) is 0 Å². The molecule has 0 amide bonds. The zero-order valence-corrected chi connectivity index (χ0v) is 12.6. The normalized spacial score (nSPS) is 12.4. The lowest BCUT2D eigenvalue weighted by Crippen LogP contribution is -2.19. The average molecular weight is 275 g/mol. The minimum absolute atomic E-state index is 0.473. The Morgan fingerprint density at radius 1 is 1.26 bits per heavy atom. The lowest BCUT2D eigenvalue weighted by Gasteiger charge is -2.13. The summed E-state index contributed by atoms with van der Waals surface area (Å²) in [5, 5.41) is 6.73. The molecule has 2 rings (SSSR count). The van der Waals surface area contributed by atoms with Gasteiger partial charge in [0.25, 0.3) is 0 Å². The number of rotatable bonds is 6. The largest absolute Gasteiger partial charge is 0.378 e. The predicted molar refractivity (Wildman–Crippen MR) is 83.0 cm³/mol. The van der Waals surface area contributed by atoms with Gasteiger partial charge in [-0.15, -0.1) is 11.3 Å². The maximum Gasteiger partial charge on any atom is 0.0965 e. The van der Waals surface area contributed by atoms with Crippen LogP contribution in [0.2, 0.25) is 0 Å². The van der Waals surface area contributed by atoms with Crippen molar-refractivity contribution >= 4 is 17.0 Å². The van der Waals surface area contributed by atoms with Gasteiger partial charge in [-0.3, -0.25) is 0 Å². The molecular formula is C15H21N3S. The monoisotopic (exact) mass is 275 g/mol. The number of anilines is 1. The number of benzene rings is 1. The molecule has 1 unspecified atom stereocenters. The fourth-order valence-corrected chi connectivity index (χ4v) is 2.61. The Bertz CT molecular complexity index is 477. The van der Waals surface area contributed by atoms with Gasteiger partial charge in [0, 0.05) is 50.4 Å². The molecule has 102 valence electrons. The van der Waals surface area contributed by atoms with Crippen molar-refractivity contribution in [2.24, 2.45) is 0 Å². The Labute approximate surface area is 119 Å². The lowest BCUT2D eigenvalue weighted by atomic mass is 10.1. The highest BCUT2D eigenvalue weighted by Crippen LogP contribution is 2.17. The first-order valence-corrected chi connectivity index (χ1v) is 7.41. The fourth-order valence-electron chi connectivity index (χ4n) is 1.91. The fraction of sp³-hybridized carbons (Fsp3) is 0.400. The SMILES string of the molecule is CC(CNCc1ccc(N(C)C)cc1)c1nccs1. The van der Waals surface area contributed by atoms with Crippen LogP contribution in [0.4, 0.5) is 5.69 Å². The highest BCUT2D eigenvalue weighted by molar-refractivity contribution is 7.09. The van der Waals surface area contributed by atoms with Gasteiger partial charge in [0.15, 0.2) is 0 Å². The molecule has 0 aliphatic carbocycles. The van der Waals surface area contributed by atoms with Crippen molar-refractivity contribution in [2.45, 2.75) is 19.4 Å². The van der Waals surface area contributed by atoms with E-state index in [1.54, 1.807) is 11.3 Å². The second kappa shape index (κ2) is 6.68. The molecule has 4 heteroatoms. The van der Waals surface area contributed by atoms with Crippen molar-refractivity contribution in [1.29, 1.82) is 0 Å². The van der Waals surface area contributed by atoms with Crippen LogP contribution >= 0.6 is 11.3 Å². The van der Waals surface area contributed by atoms with Crippen LogP contribution in [-0.2, 0) is 6.54 Å². The molecule has 1 N–H and O–H groups in total. The Balaban J connectivity index is 1.79. The van der Waals surface area contributed by atoms with E-state index in [1.807, 2.05) is 11.6 Å². The van der Waals surface area contributed by atoms with E-state index in [1.165, 1.54) is 16.3 Å². The lowest BCUT2D eigenvalue weighted by molar-refractivity contribution is 0.613. The first-order chi connectivity index (χ1) is 9.16. The Morgan fingerprint density at radius 2 is 2.00 bits per heavy atom. The van der Waals surface area contributed by atoms with Crippen molar-refractivity contribution in [3.05, 3.63) is 46.4 Å². The van der Waals surface area contributed by atoms with Crippen molar-refractivity contribution in [1.82, 2.24) is 10.3 Å². The molecule has 0 spiro atoms. The summed E-state index contributed by atoms with van der Waals surface area (Å²) in [5.41, 5.74) is 2.55. The molecule has 0 saturated carbocycles. The van der Waals surface area contributed by atoms with Gasteiger partial charge < -0.3 is 10.2 Å². The first-order valence-electron chi connectivity index (χ1n) is 6.53. The average Bonchev–Trinajstić information content (AvgIpc) is 2.93. The van der Waals surface area contributed by atoms with E-state index in [0.717, 1.165) is 13.1 Å². The van der Waals surface area contributed by atoms with E-state index in [2.05, 4.69) is 60.5 Å². The second-order valence-corrected chi connectivity index (χ2v) is 5.89. The number of hydrogen-bond acceptors (Lipinski definition) is 4. The number of nitrogens with zero attached hydrogens (tertiary/aromatic N) is 2. The third kappa shape index (κ3) is 4.04. The minimum Gasteiger partial charge on any atom is -0.378 e. The molecule has 0 fully saturated rings. The molecule has 1 aromatic heterocycles. The highest BCUT2D eigenvalue weighted by atomic mass is 32.1. The zero-order valence-electron chi connectivity index (χ0n) is 11.8. The zero-order chi connectivity index (χ0) is 13.7. The van der Waals surface area contributed by atoms with Crippen LogP contribution in [0, 0.1) is 0 Å². The van der Waals surface area contributed by atoms with Crippen LogP contribution in [-0.4, -0.2) is 25.6 Å². The van der Waals surface area contributed by atoms with Crippen LogP contribution in [0.15, 0.2) is 35.8 Å². The van der Waals surface area contributed by atoms with E-state index >= 15 is 0 Å². The van der Waals surface area contributed by atoms with Crippen molar-refractivity contribution in [2.75, 3.05) is 25.5 Å². The van der Waals surface area contributed by atoms with Gasteiger partial charge in [-0.2, -0.15) is 0 Å². The molecule has 0 radical (unpaired) electrons. The summed E-state index contributed by atoms with van der Waals surface area (Å²) in [6.45, 7) is 4.08. The van der Waals surface area contributed by atoms with Gasteiger partial charge in [0.2, 0.25) is 0 Å². The van der Waals surface area contributed by atoms with Crippen molar-refractivity contribution < 1.29 is 0 Å². The van der Waals surface area contributed by atoms with Crippen LogP contribution in [0.3, 0.4) is 0 Å². The van der Waals surface area contributed by atoms with E-state index in [9.17, 15) is 0 Å². The summed E-state index contributed by atoms with van der Waals surface area (Å²) in [6, 6.07) is 8.66. The predicted octanol–water partition coefficient (Wildman–Crippen LogP) is 3.10. The van der Waals surface area contributed by atoms with Gasteiger partial charge in [0.1, 0.15) is 0 Å². The Kier molecular flexibility index (Phi) is 4.93.